The minimum Gasteiger partial charge on any atom is -0.354 e. The summed E-state index contributed by atoms with van der Waals surface area (Å²) in [7, 11) is 0. The summed E-state index contributed by atoms with van der Waals surface area (Å²) in [5.74, 6) is -0.506. The van der Waals surface area contributed by atoms with Gasteiger partial charge in [0, 0.05) is 29.3 Å². The first-order valence-corrected chi connectivity index (χ1v) is 12.8. The topological polar surface area (TPSA) is 74.3 Å². The largest absolute Gasteiger partial charge is 0.354 e. The third-order valence-electron chi connectivity index (χ3n) is 6.68. The molecule has 5 aromatic rings. The number of carbonyl (C=O) groups excluding carboxylic acids is 2. The third kappa shape index (κ3) is 4.85. The molecule has 2 amide bonds. The Morgan fingerprint density at radius 3 is 2.33 bits per heavy atom. The van der Waals surface area contributed by atoms with Crippen molar-refractivity contribution in [3.05, 3.63) is 137 Å². The van der Waals surface area contributed by atoms with Gasteiger partial charge in [0.05, 0.1) is 28.5 Å². The molecule has 1 aliphatic heterocycles. The van der Waals surface area contributed by atoms with Crippen LogP contribution in [0.25, 0.3) is 11.1 Å². The summed E-state index contributed by atoms with van der Waals surface area (Å²) in [6.07, 6.45) is 3.38. The van der Waals surface area contributed by atoms with Crippen molar-refractivity contribution in [3.63, 3.8) is 0 Å². The second-order valence-corrected chi connectivity index (χ2v) is 9.53. The zero-order valence-electron chi connectivity index (χ0n) is 20.8. The standard InChI is InChI=1S/C32H23ClN4O2/c33-27-19-23(35-31(38)25-9-3-2-8-24(25)21-15-17-34-18-16-21)13-14-26(27)32(39)37-20-22-7-1-4-10-28(22)36-29-11-5-6-12-30(29)37/h1-19,36H,20H2,(H,35,38). The van der Waals surface area contributed by atoms with E-state index >= 15 is 0 Å². The molecule has 0 radical (unpaired) electrons. The Labute approximate surface area is 230 Å². The van der Waals surface area contributed by atoms with Crippen molar-refractivity contribution < 1.29 is 9.59 Å². The van der Waals surface area contributed by atoms with E-state index in [4.69, 9.17) is 11.6 Å². The van der Waals surface area contributed by atoms with Gasteiger partial charge in [-0.05, 0) is 71.3 Å². The van der Waals surface area contributed by atoms with Gasteiger partial charge in [-0.25, -0.2) is 0 Å². The van der Waals surface area contributed by atoms with Crippen LogP contribution in [-0.4, -0.2) is 16.8 Å². The van der Waals surface area contributed by atoms with Gasteiger partial charge in [-0.2, -0.15) is 0 Å². The molecule has 0 saturated carbocycles. The number of carbonyl (C=O) groups is 2. The Hall–Kier alpha value is -4.94. The lowest BCUT2D eigenvalue weighted by molar-refractivity contribution is 0.0984. The minimum atomic E-state index is -0.276. The average molecular weight is 531 g/mol. The van der Waals surface area contributed by atoms with Gasteiger partial charge < -0.3 is 15.5 Å². The first-order chi connectivity index (χ1) is 19.1. The number of benzene rings is 4. The summed E-state index contributed by atoms with van der Waals surface area (Å²) in [4.78, 5) is 32.8. The molecule has 7 heteroatoms. The Morgan fingerprint density at radius 1 is 0.795 bits per heavy atom. The van der Waals surface area contributed by atoms with Crippen molar-refractivity contribution in [2.24, 2.45) is 0 Å². The maximum atomic E-state index is 13.8. The minimum absolute atomic E-state index is 0.230. The Morgan fingerprint density at radius 2 is 1.51 bits per heavy atom. The summed E-state index contributed by atoms with van der Waals surface area (Å²) < 4.78 is 0. The van der Waals surface area contributed by atoms with E-state index in [0.29, 0.717) is 23.4 Å². The molecule has 0 aliphatic carbocycles. The fraction of sp³-hybridized carbons (Fsp3) is 0.0312. The molecule has 190 valence electrons. The molecule has 39 heavy (non-hydrogen) atoms. The number of aromatic nitrogens is 1. The quantitative estimate of drug-likeness (QED) is 0.251. The maximum Gasteiger partial charge on any atom is 0.260 e. The van der Waals surface area contributed by atoms with Crippen molar-refractivity contribution in [2.45, 2.75) is 6.54 Å². The number of para-hydroxylation sites is 3. The summed E-state index contributed by atoms with van der Waals surface area (Å²) in [6, 6.07) is 31.7. The number of amides is 2. The van der Waals surface area contributed by atoms with Crippen LogP contribution in [0.3, 0.4) is 0 Å². The number of rotatable bonds is 4. The number of halogens is 1. The van der Waals surface area contributed by atoms with Gasteiger partial charge in [0.15, 0.2) is 0 Å². The molecule has 0 spiro atoms. The van der Waals surface area contributed by atoms with Crippen molar-refractivity contribution in [1.82, 2.24) is 4.98 Å². The lowest BCUT2D eigenvalue weighted by atomic mass is 10.00. The van der Waals surface area contributed by atoms with Crippen LogP contribution in [0, 0.1) is 0 Å². The molecular weight excluding hydrogens is 508 g/mol. The van der Waals surface area contributed by atoms with Crippen LogP contribution >= 0.6 is 11.6 Å². The lowest BCUT2D eigenvalue weighted by Crippen LogP contribution is -2.30. The van der Waals surface area contributed by atoms with Crippen LogP contribution in [0.2, 0.25) is 5.02 Å². The molecule has 1 aromatic heterocycles. The van der Waals surface area contributed by atoms with E-state index in [1.54, 1.807) is 41.6 Å². The molecule has 0 unspecified atom stereocenters. The van der Waals surface area contributed by atoms with Gasteiger partial charge in [0.25, 0.3) is 11.8 Å². The van der Waals surface area contributed by atoms with Crippen LogP contribution in [-0.2, 0) is 6.54 Å². The number of anilines is 4. The molecular formula is C32H23ClN4O2. The second-order valence-electron chi connectivity index (χ2n) is 9.12. The molecule has 6 nitrogen and oxygen atoms in total. The maximum absolute atomic E-state index is 13.8. The predicted molar refractivity (Wildman–Crippen MR) is 156 cm³/mol. The zero-order chi connectivity index (χ0) is 26.8. The molecule has 4 aromatic carbocycles. The van der Waals surface area contributed by atoms with Crippen molar-refractivity contribution in [1.29, 1.82) is 0 Å². The Bertz CT molecular complexity index is 1700. The highest BCUT2D eigenvalue weighted by Gasteiger charge is 2.26. The normalized spacial score (nSPS) is 12.0. The SMILES string of the molecule is O=C(Nc1ccc(C(=O)N2Cc3ccccc3Nc3ccccc32)c(Cl)c1)c1ccccc1-c1ccncc1. The molecule has 0 saturated heterocycles. The smallest absolute Gasteiger partial charge is 0.260 e. The van der Waals surface area contributed by atoms with Crippen molar-refractivity contribution in [2.75, 3.05) is 15.5 Å². The summed E-state index contributed by atoms with van der Waals surface area (Å²) in [5.41, 5.74) is 6.60. The van der Waals surface area contributed by atoms with E-state index in [9.17, 15) is 9.59 Å². The highest BCUT2D eigenvalue weighted by Crippen LogP contribution is 2.37. The fourth-order valence-corrected chi connectivity index (χ4v) is 5.01. The number of fused-ring (bicyclic) bond motifs is 2. The highest BCUT2D eigenvalue weighted by atomic mass is 35.5. The van der Waals surface area contributed by atoms with Crippen LogP contribution in [0.5, 0.6) is 0 Å². The Kier molecular flexibility index (Phi) is 6.53. The van der Waals surface area contributed by atoms with Gasteiger partial charge in [-0.3, -0.25) is 14.6 Å². The Balaban J connectivity index is 1.28. The van der Waals surface area contributed by atoms with Gasteiger partial charge in [-0.1, -0.05) is 60.1 Å². The van der Waals surface area contributed by atoms with Crippen LogP contribution < -0.4 is 15.5 Å². The number of nitrogens with one attached hydrogen (secondary N) is 2. The number of pyridine rings is 1. The molecule has 1 aliphatic rings. The van der Waals surface area contributed by atoms with E-state index < -0.39 is 0 Å². The third-order valence-corrected chi connectivity index (χ3v) is 6.99. The fourth-order valence-electron chi connectivity index (χ4n) is 4.75. The summed E-state index contributed by atoms with van der Waals surface area (Å²) >= 11 is 6.65. The number of hydrogen-bond acceptors (Lipinski definition) is 4. The number of hydrogen-bond donors (Lipinski definition) is 2. The van der Waals surface area contributed by atoms with Gasteiger partial charge in [0.2, 0.25) is 0 Å². The average Bonchev–Trinajstić information content (AvgIpc) is 3.14. The monoisotopic (exact) mass is 530 g/mol. The lowest BCUT2D eigenvalue weighted by Gasteiger charge is -2.23. The molecule has 2 heterocycles. The highest BCUT2D eigenvalue weighted by molar-refractivity contribution is 6.35. The molecule has 0 bridgehead atoms. The van der Waals surface area contributed by atoms with E-state index in [0.717, 1.165) is 33.8 Å². The van der Waals surface area contributed by atoms with E-state index in [1.165, 1.54) is 0 Å². The van der Waals surface area contributed by atoms with Crippen LogP contribution in [0.15, 0.2) is 116 Å². The predicted octanol–water partition coefficient (Wildman–Crippen LogP) is 7.56. The summed E-state index contributed by atoms with van der Waals surface area (Å²) in [5, 5.41) is 6.61. The summed E-state index contributed by atoms with van der Waals surface area (Å²) in [6.45, 7) is 0.389. The molecule has 0 fully saturated rings. The van der Waals surface area contributed by atoms with E-state index in [1.807, 2.05) is 78.9 Å². The zero-order valence-corrected chi connectivity index (χ0v) is 21.5. The molecule has 0 atom stereocenters. The molecule has 6 rings (SSSR count). The van der Waals surface area contributed by atoms with Crippen LogP contribution in [0.1, 0.15) is 26.3 Å². The van der Waals surface area contributed by atoms with Crippen LogP contribution in [0.4, 0.5) is 22.7 Å². The van der Waals surface area contributed by atoms with Gasteiger partial charge in [-0.15, -0.1) is 0 Å². The van der Waals surface area contributed by atoms with E-state index in [-0.39, 0.29) is 16.8 Å². The first kappa shape index (κ1) is 24.4. The second kappa shape index (κ2) is 10.4. The molecule has 2 N–H and O–H groups in total. The van der Waals surface area contributed by atoms with Crippen molar-refractivity contribution in [3.8, 4) is 11.1 Å². The first-order valence-electron chi connectivity index (χ1n) is 12.4. The van der Waals surface area contributed by atoms with Gasteiger partial charge >= 0.3 is 0 Å². The van der Waals surface area contributed by atoms with Crippen molar-refractivity contribution >= 4 is 46.2 Å². The van der Waals surface area contributed by atoms with E-state index in [2.05, 4.69) is 15.6 Å². The van der Waals surface area contributed by atoms with Gasteiger partial charge in [0.1, 0.15) is 0 Å². The number of nitrogens with zero attached hydrogens (tertiary/aromatic N) is 2.